The van der Waals surface area contributed by atoms with Crippen LogP contribution in [0.1, 0.15) is 6.92 Å². The van der Waals surface area contributed by atoms with Gasteiger partial charge in [-0.2, -0.15) is 6.08 Å². The number of hydrogen-bond donors (Lipinski definition) is 0. The van der Waals surface area contributed by atoms with Gasteiger partial charge in [0.05, 0.1) is 6.54 Å². The van der Waals surface area contributed by atoms with Crippen molar-refractivity contribution in [1.82, 2.24) is 4.90 Å². The largest absolute Gasteiger partial charge is 0.451 e. The van der Waals surface area contributed by atoms with Crippen LogP contribution in [0.3, 0.4) is 0 Å². The summed E-state index contributed by atoms with van der Waals surface area (Å²) in [7, 11) is 0. The molecule has 0 aromatic heterocycles. The predicted octanol–water partition coefficient (Wildman–Crippen LogP) is 2.98. The summed E-state index contributed by atoms with van der Waals surface area (Å²) in [5.41, 5.74) is -0.0545. The van der Waals surface area contributed by atoms with E-state index < -0.39 is 19.4 Å². The Morgan fingerprint density at radius 2 is 1.94 bits per heavy atom. The van der Waals surface area contributed by atoms with Gasteiger partial charge in [0, 0.05) is 32.7 Å². The van der Waals surface area contributed by atoms with E-state index >= 15 is 0 Å². The average Bonchev–Trinajstić information content (AvgIpc) is 2.09. The summed E-state index contributed by atoms with van der Waals surface area (Å²) >= 11 is 0. The van der Waals surface area contributed by atoms with Gasteiger partial charge in [0.25, 0.3) is 6.43 Å². The third-order valence-corrected chi connectivity index (χ3v) is 1.90. The van der Waals surface area contributed by atoms with Gasteiger partial charge >= 0.3 is 0 Å². The molecule has 0 aromatic rings. The summed E-state index contributed by atoms with van der Waals surface area (Å²) in [6.07, 6.45) is -1.58. The maximum atomic E-state index is 12.5. The van der Waals surface area contributed by atoms with Gasteiger partial charge in [0.1, 0.15) is 0 Å². The molecule has 87 valence electrons. The van der Waals surface area contributed by atoms with Crippen molar-refractivity contribution in [3.8, 4) is 0 Å². The molecule has 0 spiro atoms. The molecule has 0 aliphatic carbocycles. The Hall–Kier alpha value is -0.156. The smallest absolute Gasteiger partial charge is 0.254 e. The average molecular weight is 309 g/mol. The zero-order valence-electron chi connectivity index (χ0n) is 8.68. The molecule has 1 aliphatic heterocycles. The first-order valence-corrected chi connectivity index (χ1v) is 4.26. The Labute approximate surface area is 117 Å². The van der Waals surface area contributed by atoms with Gasteiger partial charge < -0.3 is 4.90 Å². The molecule has 1 rings (SSSR count). The normalized spacial score (nSPS) is 16.2. The first kappa shape index (κ1) is 15.8. The van der Waals surface area contributed by atoms with Crippen molar-refractivity contribution in [2.75, 3.05) is 6.54 Å². The third kappa shape index (κ3) is 4.02. The van der Waals surface area contributed by atoms with Crippen molar-refractivity contribution in [3.05, 3.63) is 35.7 Å². The van der Waals surface area contributed by atoms with Gasteiger partial charge in [-0.1, -0.05) is 24.4 Å². The van der Waals surface area contributed by atoms with Crippen molar-refractivity contribution < 1.29 is 50.3 Å². The number of halogens is 4. The number of hydrogen-bond acceptors (Lipinski definition) is 1. The van der Waals surface area contributed by atoms with Crippen LogP contribution in [0, 0.1) is 6.20 Å². The first-order chi connectivity index (χ1) is 6.91. The fourth-order valence-electron chi connectivity index (χ4n) is 1.27. The Balaban J connectivity index is 0.00000225. The van der Waals surface area contributed by atoms with E-state index in [0.29, 0.717) is 5.57 Å². The summed E-state index contributed by atoms with van der Waals surface area (Å²) in [5.74, 6) is 0. The zero-order valence-corrected chi connectivity index (χ0v) is 11.5. The van der Waals surface area contributed by atoms with Gasteiger partial charge in [-0.25, -0.2) is 17.6 Å². The molecule has 0 amide bonds. The van der Waals surface area contributed by atoms with E-state index in [-0.39, 0.29) is 44.0 Å². The molecular formula is C10H10F4NY-. The monoisotopic (exact) mass is 309 g/mol. The third-order valence-electron chi connectivity index (χ3n) is 1.90. The Morgan fingerprint density at radius 3 is 2.38 bits per heavy atom. The molecule has 0 aromatic carbocycles. The fraction of sp³-hybridized carbons (Fsp3) is 0.400. The van der Waals surface area contributed by atoms with E-state index in [1.54, 1.807) is 0 Å². The zero-order chi connectivity index (χ0) is 11.6. The SMILES string of the molecule is C=C1C(C(F)F)=CC(C)=[C-]N1CC(F)F.[Y]. The molecule has 0 atom stereocenters. The number of allylic oxidation sites excluding steroid dienone is 3. The van der Waals surface area contributed by atoms with Gasteiger partial charge in [-0.05, 0) is 0 Å². The number of alkyl halides is 4. The van der Waals surface area contributed by atoms with Crippen molar-refractivity contribution in [3.63, 3.8) is 0 Å². The van der Waals surface area contributed by atoms with Crippen LogP contribution in [-0.4, -0.2) is 24.3 Å². The topological polar surface area (TPSA) is 3.24 Å². The van der Waals surface area contributed by atoms with Crippen molar-refractivity contribution >= 4 is 0 Å². The van der Waals surface area contributed by atoms with Crippen LogP contribution in [0.15, 0.2) is 29.5 Å². The Morgan fingerprint density at radius 1 is 1.38 bits per heavy atom. The van der Waals surface area contributed by atoms with Crippen molar-refractivity contribution in [1.29, 1.82) is 0 Å². The quantitative estimate of drug-likeness (QED) is 0.572. The van der Waals surface area contributed by atoms with E-state index in [4.69, 9.17) is 0 Å². The number of rotatable bonds is 3. The van der Waals surface area contributed by atoms with Crippen molar-refractivity contribution in [2.24, 2.45) is 0 Å². The van der Waals surface area contributed by atoms with Crippen LogP contribution in [0.2, 0.25) is 0 Å². The van der Waals surface area contributed by atoms with Gasteiger partial charge in [0.2, 0.25) is 6.43 Å². The second-order valence-electron chi connectivity index (χ2n) is 3.14. The first-order valence-electron chi connectivity index (χ1n) is 4.26. The maximum Gasteiger partial charge on any atom is 0.254 e. The van der Waals surface area contributed by atoms with Gasteiger partial charge in [-0.15, -0.1) is 12.2 Å². The molecule has 16 heavy (non-hydrogen) atoms. The minimum Gasteiger partial charge on any atom is -0.451 e. The fourth-order valence-corrected chi connectivity index (χ4v) is 1.27. The van der Waals surface area contributed by atoms with Crippen molar-refractivity contribution in [2.45, 2.75) is 19.8 Å². The van der Waals surface area contributed by atoms with Gasteiger partial charge in [0.15, 0.2) is 0 Å². The van der Waals surface area contributed by atoms with E-state index in [2.05, 4.69) is 12.8 Å². The molecule has 0 fully saturated rings. The van der Waals surface area contributed by atoms with E-state index in [9.17, 15) is 17.6 Å². The van der Waals surface area contributed by atoms with E-state index in [1.165, 1.54) is 13.0 Å². The second kappa shape index (κ2) is 6.55. The van der Waals surface area contributed by atoms with Gasteiger partial charge in [-0.3, -0.25) is 0 Å². The molecule has 0 saturated heterocycles. The minimum absolute atomic E-state index is 0. The maximum absolute atomic E-state index is 12.5. The summed E-state index contributed by atoms with van der Waals surface area (Å²) in [6.45, 7) is 4.21. The molecule has 0 unspecified atom stereocenters. The van der Waals surface area contributed by atoms with E-state index in [0.717, 1.165) is 4.90 Å². The molecule has 1 heterocycles. The summed E-state index contributed by atoms with van der Waals surface area (Å²) in [5, 5.41) is 0. The molecular weight excluding hydrogens is 299 g/mol. The molecule has 0 saturated carbocycles. The molecule has 0 bridgehead atoms. The predicted molar refractivity (Wildman–Crippen MR) is 48.4 cm³/mol. The minimum atomic E-state index is -2.71. The summed E-state index contributed by atoms with van der Waals surface area (Å²) < 4.78 is 49.2. The Kier molecular flexibility index (Phi) is 6.48. The molecule has 6 heteroatoms. The van der Waals surface area contributed by atoms with Crippen LogP contribution >= 0.6 is 0 Å². The summed E-state index contributed by atoms with van der Waals surface area (Å²) in [4.78, 5) is 0.932. The molecule has 0 N–H and O–H groups in total. The molecule has 1 radical (unpaired) electrons. The van der Waals surface area contributed by atoms with E-state index in [1.807, 2.05) is 0 Å². The summed E-state index contributed by atoms with van der Waals surface area (Å²) in [6, 6.07) is 0. The number of nitrogens with zero attached hydrogens (tertiary/aromatic N) is 1. The van der Waals surface area contributed by atoms with Crippen LogP contribution in [-0.2, 0) is 32.7 Å². The standard InChI is InChI=1S/C10H10F4N.Y/c1-6-3-8(10(13)14)7(2)15(4-6)5-9(11)12;/h3,9-10H,2,5H2,1H3;/q-1;. The second-order valence-corrected chi connectivity index (χ2v) is 3.14. The van der Waals surface area contributed by atoms with Crippen LogP contribution in [0.25, 0.3) is 0 Å². The van der Waals surface area contributed by atoms with Crippen LogP contribution < -0.4 is 0 Å². The molecule has 1 nitrogen and oxygen atoms in total. The molecule has 1 aliphatic rings. The Bertz CT molecular complexity index is 323. The van der Waals surface area contributed by atoms with Crippen LogP contribution in [0.4, 0.5) is 17.6 Å². The van der Waals surface area contributed by atoms with Crippen LogP contribution in [0.5, 0.6) is 0 Å².